The normalized spacial score (nSPS) is 13.5. The summed E-state index contributed by atoms with van der Waals surface area (Å²) in [6.07, 6.45) is -14.6. The molecule has 2 aromatic carbocycles. The van der Waals surface area contributed by atoms with Gasteiger partial charge in [-0.3, -0.25) is 15.2 Å². The molecule has 41 heavy (non-hydrogen) atoms. The predicted molar refractivity (Wildman–Crippen MR) is 128 cm³/mol. The smallest absolute Gasteiger partial charge is 0.406 e. The molecule has 0 aliphatic heterocycles. The lowest BCUT2D eigenvalue weighted by Gasteiger charge is -2.21. The van der Waals surface area contributed by atoms with E-state index in [1.807, 2.05) is 0 Å². The van der Waals surface area contributed by atoms with Gasteiger partial charge in [-0.05, 0) is 54.1 Å². The SMILES string of the molecule is CN(NC(=O)c1ccc(/C(F)=C/C(c2cc(Cl)cc(OC(F)(F)F)c2)C(F)(F)F)cc1C(F)(F)F)c1ccccn1. The van der Waals surface area contributed by atoms with Crippen LogP contribution >= 0.6 is 11.6 Å². The van der Waals surface area contributed by atoms with Crippen LogP contribution in [-0.2, 0) is 6.18 Å². The summed E-state index contributed by atoms with van der Waals surface area (Å²) in [6, 6.07) is 7.33. The Balaban J connectivity index is 2.01. The molecule has 1 amide bonds. The first kappa shape index (κ1) is 31.5. The van der Waals surface area contributed by atoms with Gasteiger partial charge in [0.1, 0.15) is 23.3 Å². The lowest BCUT2D eigenvalue weighted by molar-refractivity contribution is -0.274. The van der Waals surface area contributed by atoms with Gasteiger partial charge in [0.05, 0.1) is 11.1 Å². The minimum Gasteiger partial charge on any atom is -0.406 e. The number of nitrogens with one attached hydrogen (secondary N) is 1. The van der Waals surface area contributed by atoms with Gasteiger partial charge >= 0.3 is 18.7 Å². The molecule has 16 heteroatoms. The van der Waals surface area contributed by atoms with Gasteiger partial charge in [0.25, 0.3) is 5.91 Å². The van der Waals surface area contributed by atoms with E-state index in [-0.39, 0.29) is 18.0 Å². The zero-order valence-corrected chi connectivity index (χ0v) is 21.1. The van der Waals surface area contributed by atoms with Crippen LogP contribution in [0.5, 0.6) is 5.75 Å². The quantitative estimate of drug-likeness (QED) is 0.216. The molecule has 0 spiro atoms. The van der Waals surface area contributed by atoms with E-state index in [1.165, 1.54) is 25.4 Å². The van der Waals surface area contributed by atoms with Crippen molar-refractivity contribution in [3.63, 3.8) is 0 Å². The Morgan fingerprint density at radius 2 is 1.68 bits per heavy atom. The highest BCUT2D eigenvalue weighted by Gasteiger charge is 2.41. The minimum absolute atomic E-state index is 0.130. The number of aromatic nitrogens is 1. The van der Waals surface area contributed by atoms with Gasteiger partial charge in [-0.25, -0.2) is 9.37 Å². The maximum Gasteiger partial charge on any atom is 0.573 e. The molecule has 0 radical (unpaired) electrons. The van der Waals surface area contributed by atoms with E-state index in [2.05, 4.69) is 15.1 Å². The maximum absolute atomic E-state index is 15.0. The Morgan fingerprint density at radius 1 is 1.00 bits per heavy atom. The van der Waals surface area contributed by atoms with E-state index in [9.17, 15) is 44.3 Å². The fourth-order valence-corrected chi connectivity index (χ4v) is 3.76. The Hall–Kier alpha value is -4.01. The predicted octanol–water partition coefficient (Wildman–Crippen LogP) is 8.09. The van der Waals surface area contributed by atoms with Crippen LogP contribution < -0.4 is 15.2 Å². The maximum atomic E-state index is 15.0. The number of pyridine rings is 1. The number of amides is 1. The molecule has 1 atom stereocenters. The highest BCUT2D eigenvalue weighted by molar-refractivity contribution is 6.30. The second kappa shape index (κ2) is 11.8. The van der Waals surface area contributed by atoms with Crippen LogP contribution in [0.1, 0.15) is 33.0 Å². The first-order valence-corrected chi connectivity index (χ1v) is 11.4. The van der Waals surface area contributed by atoms with E-state index in [0.29, 0.717) is 30.3 Å². The van der Waals surface area contributed by atoms with Gasteiger partial charge in [-0.1, -0.05) is 23.7 Å². The number of allylic oxidation sites excluding steroid dienone is 1. The number of halogens is 11. The molecule has 5 nitrogen and oxygen atoms in total. The van der Waals surface area contributed by atoms with Gasteiger partial charge in [0.2, 0.25) is 0 Å². The molecule has 0 aliphatic carbocycles. The summed E-state index contributed by atoms with van der Waals surface area (Å²) < 4.78 is 139. The number of rotatable bonds is 7. The Bertz CT molecular complexity index is 1420. The number of alkyl halides is 9. The highest BCUT2D eigenvalue weighted by atomic mass is 35.5. The van der Waals surface area contributed by atoms with Gasteiger partial charge in [-0.2, -0.15) is 26.3 Å². The van der Waals surface area contributed by atoms with E-state index in [0.717, 1.165) is 5.01 Å². The second-order valence-electron chi connectivity index (χ2n) is 8.25. The number of ether oxygens (including phenoxy) is 1. The van der Waals surface area contributed by atoms with Crippen molar-refractivity contribution in [2.45, 2.75) is 24.6 Å². The summed E-state index contributed by atoms with van der Waals surface area (Å²) in [5.41, 5.74) is -2.48. The van der Waals surface area contributed by atoms with E-state index < -0.39 is 69.4 Å². The molecular formula is C25H16ClF10N3O2. The third-order valence-electron chi connectivity index (χ3n) is 5.26. The first-order chi connectivity index (χ1) is 18.8. The summed E-state index contributed by atoms with van der Waals surface area (Å²) >= 11 is 5.62. The summed E-state index contributed by atoms with van der Waals surface area (Å²) in [4.78, 5) is 16.5. The van der Waals surface area contributed by atoms with Crippen molar-refractivity contribution in [3.8, 4) is 5.75 Å². The van der Waals surface area contributed by atoms with Crippen molar-refractivity contribution in [1.29, 1.82) is 0 Å². The van der Waals surface area contributed by atoms with E-state index in [1.54, 1.807) is 6.07 Å². The molecule has 3 rings (SSSR count). The van der Waals surface area contributed by atoms with Crippen LogP contribution in [0.2, 0.25) is 5.02 Å². The number of carbonyl (C=O) groups is 1. The molecule has 1 heterocycles. The molecule has 1 aromatic heterocycles. The molecule has 1 unspecified atom stereocenters. The standard InChI is InChI=1S/C25H16ClF10N3O2/c1-39(21-4-2-3-7-37-21)38-22(40)17-6-5-13(10-19(17)24(31,32)33)20(27)12-18(23(28,29)30)14-8-15(26)11-16(9-14)41-25(34,35)36/h2-12,18H,1H3,(H,38,40)/b20-12-. The van der Waals surface area contributed by atoms with Crippen molar-refractivity contribution in [3.05, 3.63) is 94.1 Å². The lowest BCUT2D eigenvalue weighted by Crippen LogP contribution is -2.40. The first-order valence-electron chi connectivity index (χ1n) is 11.0. The summed E-state index contributed by atoms with van der Waals surface area (Å²) in [5.74, 6) is -7.02. The van der Waals surface area contributed by atoms with Crippen LogP contribution in [0, 0.1) is 0 Å². The molecule has 3 aromatic rings. The van der Waals surface area contributed by atoms with E-state index >= 15 is 4.39 Å². The van der Waals surface area contributed by atoms with Crippen molar-refractivity contribution in [2.75, 3.05) is 12.1 Å². The minimum atomic E-state index is -5.32. The molecule has 0 fully saturated rings. The zero-order valence-electron chi connectivity index (χ0n) is 20.3. The number of nitrogens with zero attached hydrogens (tertiary/aromatic N) is 2. The lowest BCUT2D eigenvalue weighted by atomic mass is 9.95. The largest absolute Gasteiger partial charge is 0.573 e. The average Bonchev–Trinajstić information content (AvgIpc) is 2.84. The average molecular weight is 616 g/mol. The Kier molecular flexibility index (Phi) is 9.11. The molecule has 220 valence electrons. The molecular weight excluding hydrogens is 600 g/mol. The number of anilines is 1. The third kappa shape index (κ3) is 8.49. The summed E-state index contributed by atoms with van der Waals surface area (Å²) in [6.45, 7) is 0. The summed E-state index contributed by atoms with van der Waals surface area (Å²) in [5, 5.41) is 0.391. The second-order valence-corrected chi connectivity index (χ2v) is 8.68. The zero-order chi connectivity index (χ0) is 30.8. The van der Waals surface area contributed by atoms with Crippen LogP contribution in [0.3, 0.4) is 0 Å². The van der Waals surface area contributed by atoms with Crippen molar-refractivity contribution in [2.24, 2.45) is 0 Å². The van der Waals surface area contributed by atoms with E-state index in [4.69, 9.17) is 11.6 Å². The van der Waals surface area contributed by atoms with Crippen LogP contribution in [0.15, 0.2) is 66.9 Å². The Morgan fingerprint density at radius 3 is 2.24 bits per heavy atom. The van der Waals surface area contributed by atoms with Crippen molar-refractivity contribution >= 4 is 29.2 Å². The number of benzene rings is 2. The fourth-order valence-electron chi connectivity index (χ4n) is 3.53. The van der Waals surface area contributed by atoms with Gasteiger partial charge in [0, 0.05) is 23.8 Å². The molecule has 0 bridgehead atoms. The fraction of sp³-hybridized carbons (Fsp3) is 0.200. The van der Waals surface area contributed by atoms with Gasteiger partial charge in [0.15, 0.2) is 0 Å². The number of hydrogen-bond acceptors (Lipinski definition) is 4. The number of carbonyl (C=O) groups excluding carboxylic acids is 1. The third-order valence-corrected chi connectivity index (χ3v) is 5.48. The Labute approximate surface area is 230 Å². The topological polar surface area (TPSA) is 54.5 Å². The molecule has 1 N–H and O–H groups in total. The van der Waals surface area contributed by atoms with Crippen LogP contribution in [0.4, 0.5) is 49.7 Å². The monoisotopic (exact) mass is 615 g/mol. The molecule has 0 aliphatic rings. The summed E-state index contributed by atoms with van der Waals surface area (Å²) in [7, 11) is 1.28. The van der Waals surface area contributed by atoms with Crippen LogP contribution in [-0.4, -0.2) is 30.5 Å². The number of hydrazine groups is 1. The van der Waals surface area contributed by atoms with Crippen LogP contribution in [0.25, 0.3) is 5.83 Å². The van der Waals surface area contributed by atoms with Gasteiger partial charge in [-0.15, -0.1) is 13.2 Å². The van der Waals surface area contributed by atoms with Crippen molar-refractivity contribution in [1.82, 2.24) is 10.4 Å². The van der Waals surface area contributed by atoms with Crippen molar-refractivity contribution < 1.29 is 53.4 Å². The molecule has 0 saturated heterocycles. The van der Waals surface area contributed by atoms with Gasteiger partial charge < -0.3 is 4.74 Å². The highest BCUT2D eigenvalue weighted by Crippen LogP contribution is 2.42. The molecule has 0 saturated carbocycles. The number of hydrogen-bond donors (Lipinski definition) is 1.